The summed E-state index contributed by atoms with van der Waals surface area (Å²) in [4.78, 5) is 18.0. The molecule has 0 radical (unpaired) electrons. The molecule has 0 spiro atoms. The molecule has 5 rings (SSSR count). The van der Waals surface area contributed by atoms with Crippen LogP contribution < -0.4 is 18.9 Å². The smallest absolute Gasteiger partial charge is 0.322 e. The number of nitrogens with zero attached hydrogens (tertiary/aromatic N) is 2. The van der Waals surface area contributed by atoms with Gasteiger partial charge in [0, 0.05) is 37.8 Å². The highest BCUT2D eigenvalue weighted by Gasteiger charge is 2.49. The highest BCUT2D eigenvalue weighted by atomic mass is 16.7. The van der Waals surface area contributed by atoms with Gasteiger partial charge in [-0.15, -0.1) is 5.06 Å². The Morgan fingerprint density at radius 1 is 0.875 bits per heavy atom. The van der Waals surface area contributed by atoms with E-state index in [0.29, 0.717) is 30.2 Å². The first-order valence-corrected chi connectivity index (χ1v) is 14.5. The van der Waals surface area contributed by atoms with Crippen molar-refractivity contribution in [1.29, 1.82) is 0 Å². The average Bonchev–Trinajstić information content (AvgIpc) is 2.96. The highest BCUT2D eigenvalue weighted by Crippen LogP contribution is 2.51. The van der Waals surface area contributed by atoms with Crippen LogP contribution in [-0.4, -0.2) is 70.6 Å². The van der Waals surface area contributed by atoms with Crippen molar-refractivity contribution < 1.29 is 33.1 Å². The van der Waals surface area contributed by atoms with Crippen LogP contribution in [0.25, 0.3) is 0 Å². The third kappa shape index (κ3) is 5.12. The van der Waals surface area contributed by atoms with Crippen molar-refractivity contribution >= 4 is 5.97 Å². The van der Waals surface area contributed by atoms with Crippen LogP contribution in [-0.2, 0) is 22.5 Å². The lowest BCUT2D eigenvalue weighted by Gasteiger charge is -2.54. The molecule has 0 bridgehead atoms. The topological polar surface area (TPSA) is 66.5 Å². The number of likely N-dealkylation sites (N-methyl/N-ethyl adjacent to an activating group) is 1. The van der Waals surface area contributed by atoms with Crippen molar-refractivity contribution in [3.8, 4) is 23.0 Å². The van der Waals surface area contributed by atoms with Gasteiger partial charge in [-0.25, -0.2) is 0 Å². The molecular weight excluding hydrogens is 508 g/mol. The van der Waals surface area contributed by atoms with Gasteiger partial charge in [0.25, 0.3) is 0 Å². The van der Waals surface area contributed by atoms with E-state index in [-0.39, 0.29) is 12.0 Å². The number of hydrogen-bond acceptors (Lipinski definition) is 7. The Bertz CT molecular complexity index is 1250. The van der Waals surface area contributed by atoms with Crippen molar-refractivity contribution in [1.82, 2.24) is 5.06 Å². The van der Waals surface area contributed by atoms with Gasteiger partial charge in [-0.1, -0.05) is 6.92 Å². The van der Waals surface area contributed by atoms with E-state index in [0.717, 1.165) is 66.9 Å². The molecule has 40 heavy (non-hydrogen) atoms. The fraction of sp³-hybridized carbons (Fsp3) is 0.594. The lowest BCUT2D eigenvalue weighted by molar-refractivity contribution is -0.951. The molecule has 2 aromatic carbocycles. The summed E-state index contributed by atoms with van der Waals surface area (Å²) in [7, 11) is 9.19. The number of carbonyl (C=O) groups excluding carboxylic acids is 1. The predicted octanol–water partition coefficient (Wildman–Crippen LogP) is 5.28. The molecule has 5 atom stereocenters. The Hall–Kier alpha value is -2.97. The zero-order valence-corrected chi connectivity index (χ0v) is 25.1. The number of hydroxylamine groups is 2. The molecule has 0 saturated carbocycles. The second-order valence-electron chi connectivity index (χ2n) is 11.9. The number of methoxy groups -OCH3 is 4. The van der Waals surface area contributed by atoms with E-state index < -0.39 is 0 Å². The number of hydrogen-bond donors (Lipinski definition) is 0. The summed E-state index contributed by atoms with van der Waals surface area (Å²) in [6, 6.07) is 8.92. The Labute approximate surface area is 238 Å². The molecule has 0 aromatic heterocycles. The summed E-state index contributed by atoms with van der Waals surface area (Å²) < 4.78 is 23.7. The normalized spacial score (nSPS) is 27.6. The molecule has 0 aliphatic carbocycles. The molecule has 1 fully saturated rings. The van der Waals surface area contributed by atoms with Crippen molar-refractivity contribution in [3.05, 3.63) is 46.5 Å². The minimum atomic E-state index is -0.281. The zero-order chi connectivity index (χ0) is 28.6. The van der Waals surface area contributed by atoms with E-state index in [2.05, 4.69) is 38.2 Å². The third-order valence-corrected chi connectivity index (χ3v) is 9.74. The van der Waals surface area contributed by atoms with E-state index in [1.807, 2.05) is 5.06 Å². The number of rotatable bonds is 8. The molecular formula is C32H45N2O6+. The van der Waals surface area contributed by atoms with Gasteiger partial charge in [-0.2, -0.15) is 0 Å². The number of carbonyl (C=O) groups is 1. The summed E-state index contributed by atoms with van der Waals surface area (Å²) in [5, 5.41) is 1.91. The standard InChI is InChI=1S/C32H45N2O6/c1-8-21-19-34(3)12-10-23-16-30(37-5)32(39-7)18-26(23)28(34)14-24(21)13-27-25-17-31(38-6)29(36-4)15-22(25)9-11-33(27)40-20(2)35/h15-18,21,24,27-28H,8-14,19H2,1-7H3/q+1/t21-,24+,27-,28+,34?/m1/s1. The summed E-state index contributed by atoms with van der Waals surface area (Å²) in [6.45, 7) is 6.73. The first-order valence-electron chi connectivity index (χ1n) is 14.5. The maximum Gasteiger partial charge on any atom is 0.322 e. The fourth-order valence-electron chi connectivity index (χ4n) is 7.66. The van der Waals surface area contributed by atoms with Gasteiger partial charge in [0.05, 0.1) is 54.6 Å². The van der Waals surface area contributed by atoms with Crippen LogP contribution in [0, 0.1) is 11.8 Å². The summed E-state index contributed by atoms with van der Waals surface area (Å²) in [6.07, 6.45) is 4.94. The Morgan fingerprint density at radius 3 is 2.02 bits per heavy atom. The van der Waals surface area contributed by atoms with Gasteiger partial charge < -0.3 is 28.3 Å². The van der Waals surface area contributed by atoms with Gasteiger partial charge >= 0.3 is 5.97 Å². The van der Waals surface area contributed by atoms with E-state index >= 15 is 0 Å². The van der Waals surface area contributed by atoms with Crippen LogP contribution >= 0.6 is 0 Å². The molecule has 1 saturated heterocycles. The van der Waals surface area contributed by atoms with E-state index in [4.69, 9.17) is 23.8 Å². The quantitative estimate of drug-likeness (QED) is 0.412. The van der Waals surface area contributed by atoms with Crippen LogP contribution in [0.5, 0.6) is 23.0 Å². The summed E-state index contributed by atoms with van der Waals surface area (Å²) in [5.41, 5.74) is 5.15. The second-order valence-corrected chi connectivity index (χ2v) is 11.9. The number of benzene rings is 2. The SMILES string of the molecule is CC[C@@H]1C[N+]2(C)CCc3cc(OC)c(OC)cc3[C@@H]2C[C@@H]1C[C@@H]1c2cc(OC)c(OC)cc2CCN1OC(C)=O. The fourth-order valence-corrected chi connectivity index (χ4v) is 7.66. The van der Waals surface area contributed by atoms with Gasteiger partial charge in [0.1, 0.15) is 6.04 Å². The molecule has 3 aliphatic heterocycles. The van der Waals surface area contributed by atoms with Gasteiger partial charge in [0.15, 0.2) is 23.0 Å². The molecule has 0 N–H and O–H groups in total. The summed E-state index contributed by atoms with van der Waals surface area (Å²) in [5.74, 6) is 3.80. The van der Waals surface area contributed by atoms with Gasteiger partial charge in [0.2, 0.25) is 0 Å². The van der Waals surface area contributed by atoms with Crippen LogP contribution in [0.2, 0.25) is 0 Å². The van der Waals surface area contributed by atoms with Crippen LogP contribution in [0.3, 0.4) is 0 Å². The lowest BCUT2D eigenvalue weighted by Crippen LogP contribution is -2.58. The largest absolute Gasteiger partial charge is 0.493 e. The van der Waals surface area contributed by atoms with Gasteiger partial charge in [-0.05, 0) is 66.1 Å². The Morgan fingerprint density at radius 2 is 1.45 bits per heavy atom. The molecule has 8 heteroatoms. The molecule has 3 aliphatic rings. The molecule has 3 heterocycles. The molecule has 8 nitrogen and oxygen atoms in total. The van der Waals surface area contributed by atoms with E-state index in [1.165, 1.54) is 29.2 Å². The zero-order valence-electron chi connectivity index (χ0n) is 25.1. The molecule has 218 valence electrons. The number of fused-ring (bicyclic) bond motifs is 4. The van der Waals surface area contributed by atoms with Crippen LogP contribution in [0.1, 0.15) is 67.4 Å². The lowest BCUT2D eigenvalue weighted by atomic mass is 9.71. The minimum Gasteiger partial charge on any atom is -0.493 e. The Balaban J connectivity index is 1.52. The van der Waals surface area contributed by atoms with Crippen molar-refractivity contribution in [3.63, 3.8) is 0 Å². The van der Waals surface area contributed by atoms with Crippen molar-refractivity contribution in [2.75, 3.05) is 55.1 Å². The predicted molar refractivity (Wildman–Crippen MR) is 153 cm³/mol. The number of quaternary nitrogens is 1. The monoisotopic (exact) mass is 553 g/mol. The second kappa shape index (κ2) is 11.5. The number of piperidine rings is 1. The minimum absolute atomic E-state index is 0.0446. The van der Waals surface area contributed by atoms with E-state index in [1.54, 1.807) is 28.4 Å². The van der Waals surface area contributed by atoms with Crippen molar-refractivity contribution in [2.24, 2.45) is 11.8 Å². The van der Waals surface area contributed by atoms with Gasteiger partial charge in [-0.3, -0.25) is 4.79 Å². The molecule has 1 unspecified atom stereocenters. The third-order valence-electron chi connectivity index (χ3n) is 9.74. The van der Waals surface area contributed by atoms with Crippen molar-refractivity contribution in [2.45, 2.75) is 58.0 Å². The maximum atomic E-state index is 12.2. The first kappa shape index (κ1) is 28.6. The maximum absolute atomic E-state index is 12.2. The first-order chi connectivity index (χ1) is 19.2. The van der Waals surface area contributed by atoms with E-state index in [9.17, 15) is 4.79 Å². The van der Waals surface area contributed by atoms with Crippen LogP contribution in [0.4, 0.5) is 0 Å². The molecule has 2 aromatic rings. The molecule has 0 amide bonds. The summed E-state index contributed by atoms with van der Waals surface area (Å²) >= 11 is 0. The number of ether oxygens (including phenoxy) is 4. The van der Waals surface area contributed by atoms with Crippen LogP contribution in [0.15, 0.2) is 24.3 Å². The highest BCUT2D eigenvalue weighted by molar-refractivity contribution is 5.65. The average molecular weight is 554 g/mol. The Kier molecular flexibility index (Phi) is 8.20.